The molecule has 0 saturated carbocycles. The Morgan fingerprint density at radius 3 is 2.57 bits per heavy atom. The minimum absolute atomic E-state index is 0.123. The van der Waals surface area contributed by atoms with Gasteiger partial charge < -0.3 is 16.2 Å². The molecule has 0 atom stereocenters. The van der Waals surface area contributed by atoms with Crippen LogP contribution in [0.2, 0.25) is 0 Å². The molecule has 1 aliphatic rings. The first kappa shape index (κ1) is 8.50. The van der Waals surface area contributed by atoms with E-state index in [0.29, 0.717) is 11.3 Å². The lowest BCUT2D eigenvalue weighted by atomic mass is 9.92. The molecule has 2 rings (SSSR count). The Kier molecular flexibility index (Phi) is 1.64. The third-order valence-corrected chi connectivity index (χ3v) is 2.13. The Bertz CT molecular complexity index is 432. The maximum Gasteiger partial charge on any atom is 0.190 e. The van der Waals surface area contributed by atoms with Crippen LogP contribution in [0.15, 0.2) is 24.3 Å². The second-order valence-corrected chi connectivity index (χ2v) is 3.04. The van der Waals surface area contributed by atoms with Gasteiger partial charge in [-0.15, -0.1) is 0 Å². The number of rotatable bonds is 0. The number of nitrogens with one attached hydrogen (secondary N) is 1. The lowest BCUT2D eigenvalue weighted by Gasteiger charge is -2.14. The van der Waals surface area contributed by atoms with E-state index in [2.05, 4.69) is 0 Å². The molecule has 0 radical (unpaired) electrons. The summed E-state index contributed by atoms with van der Waals surface area (Å²) in [6.45, 7) is 0. The van der Waals surface area contributed by atoms with Crippen LogP contribution in [0.3, 0.4) is 0 Å². The highest BCUT2D eigenvalue weighted by Gasteiger charge is 2.22. The molecule has 0 saturated heterocycles. The van der Waals surface area contributed by atoms with Gasteiger partial charge in [0.15, 0.2) is 5.78 Å². The van der Waals surface area contributed by atoms with Gasteiger partial charge in [-0.2, -0.15) is 0 Å². The number of benzene rings is 1. The second kappa shape index (κ2) is 2.70. The van der Waals surface area contributed by atoms with Crippen molar-refractivity contribution in [3.05, 3.63) is 35.4 Å². The molecule has 4 heteroatoms. The zero-order valence-corrected chi connectivity index (χ0v) is 7.24. The van der Waals surface area contributed by atoms with E-state index in [1.165, 1.54) is 24.3 Å². The fourth-order valence-corrected chi connectivity index (χ4v) is 1.47. The molecule has 0 fully saturated rings. The number of nitrogens with two attached hydrogens (primary N) is 1. The standard InChI is InChI=1S/C10H8N2O2/c11-5-1-3-7(13)10-8(14)4-2-6(12)9(5)10/h1-4,11,14H,12H2. The summed E-state index contributed by atoms with van der Waals surface area (Å²) in [6.07, 6.45) is 2.63. The number of anilines is 1. The van der Waals surface area contributed by atoms with Crippen molar-refractivity contribution in [2.45, 2.75) is 0 Å². The lowest BCUT2D eigenvalue weighted by molar-refractivity contribution is 0.104. The van der Waals surface area contributed by atoms with Crippen LogP contribution in [0.4, 0.5) is 5.69 Å². The molecule has 4 nitrogen and oxygen atoms in total. The Labute approximate surface area is 80.2 Å². The highest BCUT2D eigenvalue weighted by Crippen LogP contribution is 2.29. The monoisotopic (exact) mass is 188 g/mol. The van der Waals surface area contributed by atoms with E-state index < -0.39 is 0 Å². The molecule has 70 valence electrons. The summed E-state index contributed by atoms with van der Waals surface area (Å²) in [5.74, 6) is -0.450. The number of allylic oxidation sites excluding steroid dienone is 2. The Morgan fingerprint density at radius 1 is 1.21 bits per heavy atom. The van der Waals surface area contributed by atoms with E-state index in [4.69, 9.17) is 11.1 Å². The van der Waals surface area contributed by atoms with Crippen LogP contribution in [-0.4, -0.2) is 16.6 Å². The van der Waals surface area contributed by atoms with E-state index in [1.54, 1.807) is 0 Å². The van der Waals surface area contributed by atoms with Crippen molar-refractivity contribution in [2.75, 3.05) is 5.73 Å². The van der Waals surface area contributed by atoms with E-state index >= 15 is 0 Å². The molecule has 0 bridgehead atoms. The number of hydrogen-bond acceptors (Lipinski definition) is 4. The number of carbonyl (C=O) groups is 1. The molecule has 1 aromatic rings. The van der Waals surface area contributed by atoms with E-state index in [9.17, 15) is 9.90 Å². The summed E-state index contributed by atoms with van der Waals surface area (Å²) in [4.78, 5) is 11.4. The molecular weight excluding hydrogens is 180 g/mol. The molecule has 0 unspecified atom stereocenters. The number of fused-ring (bicyclic) bond motifs is 1. The lowest BCUT2D eigenvalue weighted by Crippen LogP contribution is -2.14. The first-order valence-electron chi connectivity index (χ1n) is 4.04. The van der Waals surface area contributed by atoms with Gasteiger partial charge in [0.25, 0.3) is 0 Å². The smallest absolute Gasteiger partial charge is 0.190 e. The quantitative estimate of drug-likeness (QED) is 0.420. The van der Waals surface area contributed by atoms with Crippen LogP contribution in [0.1, 0.15) is 15.9 Å². The molecule has 1 aromatic carbocycles. The van der Waals surface area contributed by atoms with Gasteiger partial charge in [-0.1, -0.05) is 0 Å². The molecule has 4 N–H and O–H groups in total. The average Bonchev–Trinajstić information content (AvgIpc) is 2.16. The van der Waals surface area contributed by atoms with Gasteiger partial charge in [0.05, 0.1) is 11.3 Å². The van der Waals surface area contributed by atoms with E-state index in [-0.39, 0.29) is 22.8 Å². The van der Waals surface area contributed by atoms with Crippen molar-refractivity contribution < 1.29 is 9.90 Å². The number of nitrogen functional groups attached to an aromatic ring is 1. The first-order valence-corrected chi connectivity index (χ1v) is 4.04. The minimum atomic E-state index is -0.319. The number of hydrogen-bond donors (Lipinski definition) is 3. The van der Waals surface area contributed by atoms with Crippen molar-refractivity contribution in [2.24, 2.45) is 0 Å². The number of phenolic OH excluding ortho intramolecular Hbond substituents is 1. The second-order valence-electron chi connectivity index (χ2n) is 3.04. The summed E-state index contributed by atoms with van der Waals surface area (Å²) >= 11 is 0. The number of phenols is 1. The Morgan fingerprint density at radius 2 is 1.93 bits per heavy atom. The highest BCUT2D eigenvalue weighted by molar-refractivity contribution is 6.25. The molecule has 0 amide bonds. The fraction of sp³-hybridized carbons (Fsp3) is 0. The van der Waals surface area contributed by atoms with Crippen LogP contribution in [0, 0.1) is 5.41 Å². The topological polar surface area (TPSA) is 87.2 Å². The molecule has 0 heterocycles. The molecule has 0 spiro atoms. The minimum Gasteiger partial charge on any atom is -0.507 e. The highest BCUT2D eigenvalue weighted by atomic mass is 16.3. The molecule has 14 heavy (non-hydrogen) atoms. The van der Waals surface area contributed by atoms with Crippen LogP contribution < -0.4 is 5.73 Å². The van der Waals surface area contributed by atoms with Gasteiger partial charge in [-0.3, -0.25) is 4.79 Å². The number of carbonyl (C=O) groups excluding carboxylic acids is 1. The van der Waals surface area contributed by atoms with Crippen molar-refractivity contribution >= 4 is 17.2 Å². The number of aromatic hydroxyl groups is 1. The zero-order valence-electron chi connectivity index (χ0n) is 7.24. The predicted octanol–water partition coefficient (Wildman–Crippen LogP) is 1.09. The predicted molar refractivity (Wildman–Crippen MR) is 52.8 cm³/mol. The Balaban J connectivity index is 2.83. The van der Waals surface area contributed by atoms with Crippen LogP contribution in [-0.2, 0) is 0 Å². The summed E-state index contributed by atoms with van der Waals surface area (Å²) in [6, 6.07) is 2.84. The summed E-state index contributed by atoms with van der Waals surface area (Å²) in [7, 11) is 0. The van der Waals surface area contributed by atoms with Gasteiger partial charge in [0.1, 0.15) is 5.75 Å². The van der Waals surface area contributed by atoms with Gasteiger partial charge in [-0.25, -0.2) is 0 Å². The van der Waals surface area contributed by atoms with Gasteiger partial charge in [0, 0.05) is 11.3 Å². The largest absolute Gasteiger partial charge is 0.507 e. The third-order valence-electron chi connectivity index (χ3n) is 2.13. The maximum absolute atomic E-state index is 11.4. The van der Waals surface area contributed by atoms with Crippen LogP contribution >= 0.6 is 0 Å². The van der Waals surface area contributed by atoms with Crippen molar-refractivity contribution in [1.82, 2.24) is 0 Å². The SMILES string of the molecule is N=C1C=CC(=O)c2c(O)ccc(N)c21. The van der Waals surface area contributed by atoms with E-state index in [1.807, 2.05) is 0 Å². The van der Waals surface area contributed by atoms with Gasteiger partial charge >= 0.3 is 0 Å². The van der Waals surface area contributed by atoms with E-state index in [0.717, 1.165) is 0 Å². The van der Waals surface area contributed by atoms with Crippen LogP contribution in [0.25, 0.3) is 0 Å². The summed E-state index contributed by atoms with van der Waals surface area (Å²) in [5.41, 5.74) is 6.54. The van der Waals surface area contributed by atoms with Gasteiger partial charge in [-0.05, 0) is 24.3 Å². The summed E-state index contributed by atoms with van der Waals surface area (Å²) in [5, 5.41) is 17.0. The van der Waals surface area contributed by atoms with Crippen molar-refractivity contribution in [1.29, 1.82) is 5.41 Å². The number of ketones is 1. The molecule has 0 aliphatic heterocycles. The molecule has 1 aliphatic carbocycles. The fourth-order valence-electron chi connectivity index (χ4n) is 1.47. The first-order chi connectivity index (χ1) is 6.61. The van der Waals surface area contributed by atoms with Crippen molar-refractivity contribution in [3.63, 3.8) is 0 Å². The summed E-state index contributed by atoms with van der Waals surface area (Å²) < 4.78 is 0. The molecular formula is C10H8N2O2. The Hall–Kier alpha value is -2.10. The third kappa shape index (κ3) is 1.01. The molecule has 0 aromatic heterocycles. The average molecular weight is 188 g/mol. The van der Waals surface area contributed by atoms with Gasteiger partial charge in [0.2, 0.25) is 0 Å². The van der Waals surface area contributed by atoms with Crippen molar-refractivity contribution in [3.8, 4) is 5.75 Å². The normalized spacial score (nSPS) is 14.3. The zero-order chi connectivity index (χ0) is 10.3. The van der Waals surface area contributed by atoms with Crippen LogP contribution in [0.5, 0.6) is 5.75 Å². The maximum atomic E-state index is 11.4.